The zero-order valence-corrected chi connectivity index (χ0v) is 10.3. The molecule has 0 aromatic heterocycles. The van der Waals surface area contributed by atoms with Crippen LogP contribution in [0.25, 0.3) is 0 Å². The molecule has 0 saturated heterocycles. The third kappa shape index (κ3) is 6.05. The number of carbonyl (C=O) groups excluding carboxylic acids is 1. The van der Waals surface area contributed by atoms with Gasteiger partial charge in [0.2, 0.25) is 5.91 Å². The van der Waals surface area contributed by atoms with E-state index in [4.69, 9.17) is 5.73 Å². The van der Waals surface area contributed by atoms with E-state index in [2.05, 4.69) is 15.5 Å². The van der Waals surface area contributed by atoms with E-state index in [-0.39, 0.29) is 11.9 Å². The van der Waals surface area contributed by atoms with Crippen LogP contribution in [0.3, 0.4) is 0 Å². The minimum absolute atomic E-state index is 0.0960. The summed E-state index contributed by atoms with van der Waals surface area (Å²) in [4.78, 5) is 13.6. The Morgan fingerprint density at radius 1 is 1.50 bits per heavy atom. The lowest BCUT2D eigenvalue weighted by Crippen LogP contribution is -2.43. The van der Waals surface area contributed by atoms with E-state index in [0.29, 0.717) is 19.0 Å². The summed E-state index contributed by atoms with van der Waals surface area (Å²) >= 11 is 0. The first-order valence-corrected chi connectivity index (χ1v) is 5.99. The Morgan fingerprint density at radius 2 is 2.19 bits per heavy atom. The average molecular weight is 228 g/mol. The van der Waals surface area contributed by atoms with E-state index in [1.165, 1.54) is 0 Å². The van der Waals surface area contributed by atoms with Crippen molar-refractivity contribution in [3.63, 3.8) is 0 Å². The number of carbonyl (C=O) groups is 1. The van der Waals surface area contributed by atoms with Gasteiger partial charge in [-0.1, -0.05) is 0 Å². The number of likely N-dealkylation sites (N-methyl/N-ethyl adjacent to an activating group) is 1. The van der Waals surface area contributed by atoms with Crippen molar-refractivity contribution in [2.45, 2.75) is 31.3 Å². The van der Waals surface area contributed by atoms with Crippen molar-refractivity contribution in [1.82, 2.24) is 15.5 Å². The lowest BCUT2D eigenvalue weighted by molar-refractivity contribution is -0.121. The second kappa shape index (κ2) is 6.83. The van der Waals surface area contributed by atoms with Gasteiger partial charge in [-0.2, -0.15) is 0 Å². The molecule has 5 nitrogen and oxygen atoms in total. The molecule has 0 aliphatic heterocycles. The van der Waals surface area contributed by atoms with Crippen molar-refractivity contribution in [2.24, 2.45) is 5.73 Å². The van der Waals surface area contributed by atoms with Gasteiger partial charge in [-0.3, -0.25) is 4.79 Å². The molecule has 0 aromatic rings. The van der Waals surface area contributed by atoms with E-state index in [1.807, 2.05) is 14.1 Å². The molecule has 1 atom stereocenters. The van der Waals surface area contributed by atoms with Crippen LogP contribution >= 0.6 is 0 Å². The third-order valence-electron chi connectivity index (χ3n) is 2.65. The second-order valence-electron chi connectivity index (χ2n) is 4.74. The predicted octanol–water partition coefficient (Wildman–Crippen LogP) is -0.866. The number of nitrogens with one attached hydrogen (secondary N) is 2. The Kier molecular flexibility index (Phi) is 5.73. The van der Waals surface area contributed by atoms with Gasteiger partial charge in [0.15, 0.2) is 0 Å². The maximum atomic E-state index is 11.5. The molecular formula is C11H24N4O. The van der Waals surface area contributed by atoms with Crippen LogP contribution in [-0.4, -0.2) is 56.6 Å². The van der Waals surface area contributed by atoms with E-state index in [1.54, 1.807) is 0 Å². The van der Waals surface area contributed by atoms with Crippen LogP contribution in [0.4, 0.5) is 0 Å². The Bertz CT molecular complexity index is 216. The van der Waals surface area contributed by atoms with Gasteiger partial charge in [0.1, 0.15) is 0 Å². The van der Waals surface area contributed by atoms with Gasteiger partial charge in [0, 0.05) is 38.1 Å². The molecule has 1 amide bonds. The standard InChI is InChI=1S/C11H24N4O/c1-15(2)6-5-13-10(8-12)7-11(16)14-9-3-4-9/h9-10,13H,3-8,12H2,1-2H3,(H,14,16). The molecule has 0 bridgehead atoms. The number of hydrogen-bond acceptors (Lipinski definition) is 4. The van der Waals surface area contributed by atoms with Crippen LogP contribution in [0.5, 0.6) is 0 Å². The molecule has 1 aliphatic rings. The topological polar surface area (TPSA) is 70.4 Å². The first-order chi connectivity index (χ1) is 7.61. The Labute approximate surface area is 97.7 Å². The lowest BCUT2D eigenvalue weighted by atomic mass is 10.2. The van der Waals surface area contributed by atoms with Crippen LogP contribution in [-0.2, 0) is 4.79 Å². The maximum Gasteiger partial charge on any atom is 0.221 e. The van der Waals surface area contributed by atoms with Crippen LogP contribution in [0, 0.1) is 0 Å². The number of hydrogen-bond donors (Lipinski definition) is 3. The Balaban J connectivity index is 2.11. The van der Waals surface area contributed by atoms with E-state index < -0.39 is 0 Å². The molecule has 0 radical (unpaired) electrons. The number of rotatable bonds is 8. The first-order valence-electron chi connectivity index (χ1n) is 5.99. The summed E-state index contributed by atoms with van der Waals surface area (Å²) in [6.07, 6.45) is 2.75. The largest absolute Gasteiger partial charge is 0.353 e. The van der Waals surface area contributed by atoms with Gasteiger partial charge in [-0.25, -0.2) is 0 Å². The van der Waals surface area contributed by atoms with Crippen molar-refractivity contribution in [3.05, 3.63) is 0 Å². The molecule has 5 heteroatoms. The van der Waals surface area contributed by atoms with Gasteiger partial charge >= 0.3 is 0 Å². The van der Waals surface area contributed by atoms with Crippen molar-refractivity contribution >= 4 is 5.91 Å². The highest BCUT2D eigenvalue weighted by molar-refractivity contribution is 5.77. The second-order valence-corrected chi connectivity index (χ2v) is 4.74. The average Bonchev–Trinajstić information content (AvgIpc) is 2.99. The van der Waals surface area contributed by atoms with Crippen molar-refractivity contribution in [2.75, 3.05) is 33.7 Å². The maximum absolute atomic E-state index is 11.5. The van der Waals surface area contributed by atoms with Gasteiger partial charge in [0.05, 0.1) is 0 Å². The van der Waals surface area contributed by atoms with Gasteiger partial charge in [0.25, 0.3) is 0 Å². The first kappa shape index (κ1) is 13.4. The van der Waals surface area contributed by atoms with Crippen molar-refractivity contribution in [3.8, 4) is 0 Å². The fourth-order valence-corrected chi connectivity index (χ4v) is 1.47. The Hall–Kier alpha value is -0.650. The minimum atomic E-state index is 0.0960. The van der Waals surface area contributed by atoms with E-state index >= 15 is 0 Å². The molecule has 1 unspecified atom stereocenters. The molecule has 1 aliphatic carbocycles. The molecule has 0 heterocycles. The number of nitrogens with two attached hydrogens (primary N) is 1. The highest BCUT2D eigenvalue weighted by Gasteiger charge is 2.24. The van der Waals surface area contributed by atoms with Crippen LogP contribution in [0.2, 0.25) is 0 Å². The van der Waals surface area contributed by atoms with Crippen molar-refractivity contribution < 1.29 is 4.79 Å². The summed E-state index contributed by atoms with van der Waals surface area (Å²) in [5.74, 6) is 0.121. The third-order valence-corrected chi connectivity index (χ3v) is 2.65. The summed E-state index contributed by atoms with van der Waals surface area (Å²) in [5, 5.41) is 6.27. The molecule has 4 N–H and O–H groups in total. The van der Waals surface area contributed by atoms with Gasteiger partial charge in [-0.15, -0.1) is 0 Å². The summed E-state index contributed by atoms with van der Waals surface area (Å²) < 4.78 is 0. The van der Waals surface area contributed by atoms with Gasteiger partial charge < -0.3 is 21.3 Å². The zero-order valence-electron chi connectivity index (χ0n) is 10.3. The fraction of sp³-hybridized carbons (Fsp3) is 0.909. The molecule has 1 fully saturated rings. The molecule has 94 valence electrons. The molecule has 1 rings (SSSR count). The normalized spacial score (nSPS) is 17.5. The predicted molar refractivity (Wildman–Crippen MR) is 65.2 cm³/mol. The minimum Gasteiger partial charge on any atom is -0.353 e. The fourth-order valence-electron chi connectivity index (χ4n) is 1.47. The number of nitrogens with zero attached hydrogens (tertiary/aromatic N) is 1. The molecule has 0 spiro atoms. The summed E-state index contributed by atoms with van der Waals surface area (Å²) in [7, 11) is 4.05. The van der Waals surface area contributed by atoms with Crippen molar-refractivity contribution in [1.29, 1.82) is 0 Å². The quantitative estimate of drug-likeness (QED) is 0.505. The molecule has 1 saturated carbocycles. The molecular weight excluding hydrogens is 204 g/mol. The molecule has 16 heavy (non-hydrogen) atoms. The van der Waals surface area contributed by atoms with Gasteiger partial charge in [-0.05, 0) is 26.9 Å². The lowest BCUT2D eigenvalue weighted by Gasteiger charge is -2.18. The SMILES string of the molecule is CN(C)CCNC(CN)CC(=O)NC1CC1. The van der Waals surface area contributed by atoms with E-state index in [9.17, 15) is 4.79 Å². The van der Waals surface area contributed by atoms with E-state index in [0.717, 1.165) is 25.9 Å². The van der Waals surface area contributed by atoms with Crippen LogP contribution < -0.4 is 16.4 Å². The summed E-state index contributed by atoms with van der Waals surface area (Å²) in [6.45, 7) is 2.33. The number of amides is 1. The molecule has 0 aromatic carbocycles. The summed E-state index contributed by atoms with van der Waals surface area (Å²) in [5.41, 5.74) is 5.63. The van der Waals surface area contributed by atoms with Crippen LogP contribution in [0.1, 0.15) is 19.3 Å². The zero-order chi connectivity index (χ0) is 12.0. The van der Waals surface area contributed by atoms with Crippen LogP contribution in [0.15, 0.2) is 0 Å². The summed E-state index contributed by atoms with van der Waals surface area (Å²) in [6, 6.07) is 0.534. The highest BCUT2D eigenvalue weighted by Crippen LogP contribution is 2.18. The Morgan fingerprint density at radius 3 is 2.69 bits per heavy atom. The monoisotopic (exact) mass is 228 g/mol. The highest BCUT2D eigenvalue weighted by atomic mass is 16.1. The smallest absolute Gasteiger partial charge is 0.221 e.